The summed E-state index contributed by atoms with van der Waals surface area (Å²) in [7, 11) is 0. The SMILES string of the molecule is c1ccc(-c2cc[n+](OCC3CCC(CO[n+]4ccc(-c5ccccc5)cc4)CC3)cc2)cc1. The third-order valence-corrected chi connectivity index (χ3v) is 6.70. The first-order valence-corrected chi connectivity index (χ1v) is 12.2. The van der Waals surface area contributed by atoms with Crippen molar-refractivity contribution in [2.75, 3.05) is 13.2 Å². The summed E-state index contributed by atoms with van der Waals surface area (Å²) in [4.78, 5) is 12.1. The number of pyridine rings is 2. The Labute approximate surface area is 202 Å². The van der Waals surface area contributed by atoms with Gasteiger partial charge in [0.15, 0.2) is 13.2 Å². The van der Waals surface area contributed by atoms with Crippen LogP contribution in [0.2, 0.25) is 0 Å². The Morgan fingerprint density at radius 3 is 1.15 bits per heavy atom. The zero-order chi connectivity index (χ0) is 23.0. The van der Waals surface area contributed by atoms with E-state index in [1.807, 2.05) is 46.4 Å². The standard InChI is InChI=1S/C30H32N2O2/c1-3-7-27(8-4-1)29-15-19-31(20-16-29)33-23-25-11-13-26(14-12-25)24-34-32-21-17-30(18-22-32)28-9-5-2-6-10-28/h1-10,15-22,25-26H,11-14,23-24H2/q+2. The van der Waals surface area contributed by atoms with E-state index in [4.69, 9.17) is 9.68 Å². The van der Waals surface area contributed by atoms with Crippen LogP contribution in [0.15, 0.2) is 110 Å². The largest absolute Gasteiger partial charge is 0.271 e. The fourth-order valence-corrected chi connectivity index (χ4v) is 4.59. The van der Waals surface area contributed by atoms with E-state index in [-0.39, 0.29) is 0 Å². The molecule has 0 radical (unpaired) electrons. The Bertz CT molecular complexity index is 1040. The van der Waals surface area contributed by atoms with E-state index in [0.29, 0.717) is 11.8 Å². The summed E-state index contributed by atoms with van der Waals surface area (Å²) in [5, 5.41) is 0. The first-order chi connectivity index (χ1) is 16.8. The third-order valence-electron chi connectivity index (χ3n) is 6.70. The second-order valence-corrected chi connectivity index (χ2v) is 9.10. The molecule has 2 aromatic carbocycles. The Morgan fingerprint density at radius 1 is 0.471 bits per heavy atom. The summed E-state index contributed by atoms with van der Waals surface area (Å²) in [5.41, 5.74) is 4.85. The smallest absolute Gasteiger partial charge is 0.223 e. The number of hydrogen-bond acceptors (Lipinski definition) is 2. The number of nitrogens with zero attached hydrogens (tertiary/aromatic N) is 2. The molecule has 0 aliphatic heterocycles. The summed E-state index contributed by atoms with van der Waals surface area (Å²) in [6.07, 6.45) is 12.8. The third kappa shape index (κ3) is 5.82. The highest BCUT2D eigenvalue weighted by molar-refractivity contribution is 5.62. The molecular formula is C30H32N2O2+2. The van der Waals surface area contributed by atoms with Gasteiger partial charge in [-0.3, -0.25) is 9.68 Å². The molecule has 2 heterocycles. The lowest BCUT2D eigenvalue weighted by Crippen LogP contribution is -2.45. The van der Waals surface area contributed by atoms with Crippen molar-refractivity contribution < 1.29 is 19.1 Å². The second kappa shape index (κ2) is 11.0. The van der Waals surface area contributed by atoms with E-state index in [2.05, 4.69) is 72.8 Å². The Balaban J connectivity index is 1.03. The van der Waals surface area contributed by atoms with Gasteiger partial charge in [0, 0.05) is 45.6 Å². The predicted molar refractivity (Wildman–Crippen MR) is 132 cm³/mol. The summed E-state index contributed by atoms with van der Waals surface area (Å²) < 4.78 is 3.66. The van der Waals surface area contributed by atoms with Gasteiger partial charge in [-0.25, -0.2) is 0 Å². The van der Waals surface area contributed by atoms with Gasteiger partial charge in [-0.05, 0) is 47.9 Å². The molecule has 0 spiro atoms. The molecule has 5 rings (SSSR count). The molecule has 172 valence electrons. The molecule has 0 amide bonds. The van der Waals surface area contributed by atoms with Crippen LogP contribution in [-0.2, 0) is 0 Å². The highest BCUT2D eigenvalue weighted by Crippen LogP contribution is 2.28. The van der Waals surface area contributed by atoms with Crippen LogP contribution in [0.3, 0.4) is 0 Å². The fourth-order valence-electron chi connectivity index (χ4n) is 4.59. The molecule has 4 heteroatoms. The quantitative estimate of drug-likeness (QED) is 0.353. The van der Waals surface area contributed by atoms with Crippen molar-refractivity contribution in [1.82, 2.24) is 0 Å². The van der Waals surface area contributed by atoms with Gasteiger partial charge in [0.1, 0.15) is 0 Å². The Morgan fingerprint density at radius 2 is 0.794 bits per heavy atom. The van der Waals surface area contributed by atoms with Gasteiger partial charge in [-0.2, -0.15) is 0 Å². The molecule has 0 atom stereocenters. The van der Waals surface area contributed by atoms with Gasteiger partial charge in [0.2, 0.25) is 24.8 Å². The van der Waals surface area contributed by atoms with Gasteiger partial charge < -0.3 is 0 Å². The summed E-state index contributed by atoms with van der Waals surface area (Å²) in [6, 6.07) is 29.3. The molecule has 1 aliphatic carbocycles. The molecule has 0 saturated heterocycles. The molecule has 1 saturated carbocycles. The minimum atomic E-state index is 0.607. The number of hydrogen-bond donors (Lipinski definition) is 0. The molecule has 0 N–H and O–H groups in total. The maximum Gasteiger partial charge on any atom is 0.223 e. The van der Waals surface area contributed by atoms with Crippen molar-refractivity contribution >= 4 is 0 Å². The van der Waals surface area contributed by atoms with Crippen LogP contribution in [0.4, 0.5) is 0 Å². The van der Waals surface area contributed by atoms with Gasteiger partial charge in [-0.15, -0.1) is 0 Å². The molecule has 1 fully saturated rings. The van der Waals surface area contributed by atoms with Crippen LogP contribution >= 0.6 is 0 Å². The van der Waals surface area contributed by atoms with Crippen molar-refractivity contribution in [3.63, 3.8) is 0 Å². The summed E-state index contributed by atoms with van der Waals surface area (Å²) in [6.45, 7) is 1.53. The topological polar surface area (TPSA) is 26.2 Å². The molecule has 4 aromatic rings. The van der Waals surface area contributed by atoms with Crippen LogP contribution < -0.4 is 19.1 Å². The lowest BCUT2D eigenvalue weighted by molar-refractivity contribution is -0.893. The van der Waals surface area contributed by atoms with E-state index in [0.717, 1.165) is 13.2 Å². The van der Waals surface area contributed by atoms with Crippen molar-refractivity contribution in [2.24, 2.45) is 11.8 Å². The highest BCUT2D eigenvalue weighted by atomic mass is 16.7. The molecule has 0 bridgehead atoms. The van der Waals surface area contributed by atoms with Crippen molar-refractivity contribution in [1.29, 1.82) is 0 Å². The van der Waals surface area contributed by atoms with Crippen LogP contribution in [0, 0.1) is 11.8 Å². The minimum Gasteiger partial charge on any atom is -0.271 e. The first kappa shape index (κ1) is 22.1. The van der Waals surface area contributed by atoms with Crippen molar-refractivity contribution in [2.45, 2.75) is 25.7 Å². The zero-order valence-electron chi connectivity index (χ0n) is 19.5. The number of aromatic nitrogens is 2. The zero-order valence-corrected chi connectivity index (χ0v) is 19.5. The van der Waals surface area contributed by atoms with Gasteiger partial charge in [-0.1, -0.05) is 60.7 Å². The Kier molecular flexibility index (Phi) is 7.15. The molecule has 34 heavy (non-hydrogen) atoms. The van der Waals surface area contributed by atoms with Crippen LogP contribution in [0.1, 0.15) is 25.7 Å². The molecular weight excluding hydrogens is 420 g/mol. The van der Waals surface area contributed by atoms with E-state index >= 15 is 0 Å². The van der Waals surface area contributed by atoms with Crippen LogP contribution in [0.5, 0.6) is 0 Å². The number of rotatable bonds is 8. The van der Waals surface area contributed by atoms with Gasteiger partial charge >= 0.3 is 0 Å². The molecule has 4 nitrogen and oxygen atoms in total. The predicted octanol–water partition coefficient (Wildman–Crippen LogP) is 4.96. The average Bonchev–Trinajstić information content (AvgIpc) is 2.93. The average molecular weight is 453 g/mol. The van der Waals surface area contributed by atoms with Crippen molar-refractivity contribution in [3.05, 3.63) is 110 Å². The Hall–Kier alpha value is -3.66. The van der Waals surface area contributed by atoms with E-state index in [1.165, 1.54) is 47.9 Å². The summed E-state index contributed by atoms with van der Waals surface area (Å²) >= 11 is 0. The molecule has 2 aromatic heterocycles. The number of benzene rings is 2. The van der Waals surface area contributed by atoms with Crippen molar-refractivity contribution in [3.8, 4) is 22.3 Å². The summed E-state index contributed by atoms with van der Waals surface area (Å²) in [5.74, 6) is 1.21. The second-order valence-electron chi connectivity index (χ2n) is 9.10. The normalized spacial score (nSPS) is 17.8. The monoisotopic (exact) mass is 452 g/mol. The van der Waals surface area contributed by atoms with E-state index < -0.39 is 0 Å². The lowest BCUT2D eigenvalue weighted by atomic mass is 9.83. The van der Waals surface area contributed by atoms with Gasteiger partial charge in [0.05, 0.1) is 0 Å². The molecule has 1 aliphatic rings. The van der Waals surface area contributed by atoms with Gasteiger partial charge in [0.25, 0.3) is 0 Å². The fraction of sp³-hybridized carbons (Fsp3) is 0.267. The lowest BCUT2D eigenvalue weighted by Gasteiger charge is -2.25. The highest BCUT2D eigenvalue weighted by Gasteiger charge is 2.24. The van der Waals surface area contributed by atoms with Crippen LogP contribution in [0.25, 0.3) is 22.3 Å². The maximum absolute atomic E-state index is 6.03. The maximum atomic E-state index is 6.03. The molecule has 0 unspecified atom stereocenters. The van der Waals surface area contributed by atoms with E-state index in [1.54, 1.807) is 0 Å². The van der Waals surface area contributed by atoms with E-state index in [9.17, 15) is 0 Å². The minimum absolute atomic E-state index is 0.607. The first-order valence-electron chi connectivity index (χ1n) is 12.2. The van der Waals surface area contributed by atoms with Crippen LogP contribution in [-0.4, -0.2) is 13.2 Å².